The number of carbonyl (C=O) groups is 1. The second kappa shape index (κ2) is 11.8. The van der Waals surface area contributed by atoms with Crippen molar-refractivity contribution in [3.05, 3.63) is 34.9 Å². The van der Waals surface area contributed by atoms with Gasteiger partial charge < -0.3 is 25.0 Å². The van der Waals surface area contributed by atoms with Gasteiger partial charge in [0.05, 0.1) is 13.2 Å². The Morgan fingerprint density at radius 1 is 1.36 bits per heavy atom. The van der Waals surface area contributed by atoms with Crippen molar-refractivity contribution in [2.75, 3.05) is 39.9 Å². The van der Waals surface area contributed by atoms with Crippen molar-refractivity contribution >= 4 is 23.7 Å². The van der Waals surface area contributed by atoms with Gasteiger partial charge in [-0.1, -0.05) is 23.7 Å². The summed E-state index contributed by atoms with van der Waals surface area (Å²) in [6, 6.07) is 7.90. The molecule has 156 valence electrons. The summed E-state index contributed by atoms with van der Waals surface area (Å²) in [7, 11) is 1.67. The molecule has 0 aliphatic carbocycles. The monoisotopic (exact) mass is 410 g/mol. The summed E-state index contributed by atoms with van der Waals surface area (Å²) in [5, 5.41) is 7.43. The lowest BCUT2D eigenvalue weighted by Crippen LogP contribution is -2.50. The van der Waals surface area contributed by atoms with Gasteiger partial charge in [-0.05, 0) is 44.4 Å². The van der Waals surface area contributed by atoms with E-state index in [1.165, 1.54) is 0 Å². The van der Waals surface area contributed by atoms with Crippen LogP contribution in [0.3, 0.4) is 0 Å². The number of aliphatic imine (C=N–C) groups is 1. The van der Waals surface area contributed by atoms with Crippen molar-refractivity contribution in [3.8, 4) is 0 Å². The molecule has 1 aromatic carbocycles. The molecule has 2 rings (SSSR count). The van der Waals surface area contributed by atoms with E-state index >= 15 is 0 Å². The van der Waals surface area contributed by atoms with Gasteiger partial charge in [-0.15, -0.1) is 0 Å². The van der Waals surface area contributed by atoms with E-state index in [4.69, 9.17) is 21.1 Å². The van der Waals surface area contributed by atoms with Crippen molar-refractivity contribution in [1.29, 1.82) is 0 Å². The van der Waals surface area contributed by atoms with Gasteiger partial charge in [0.1, 0.15) is 6.10 Å². The lowest BCUT2D eigenvalue weighted by atomic mass is 10.1. The predicted molar refractivity (Wildman–Crippen MR) is 112 cm³/mol. The molecule has 1 atom stereocenters. The zero-order valence-electron chi connectivity index (χ0n) is 16.9. The van der Waals surface area contributed by atoms with Gasteiger partial charge in [0.15, 0.2) is 5.96 Å². The molecule has 0 bridgehead atoms. The Labute approximate surface area is 172 Å². The Kier molecular flexibility index (Phi) is 9.37. The molecule has 1 aliphatic rings. The quantitative estimate of drug-likeness (QED) is 0.533. The molecule has 1 aromatic rings. The zero-order valence-corrected chi connectivity index (χ0v) is 17.7. The average molecular weight is 411 g/mol. The van der Waals surface area contributed by atoms with Crippen LogP contribution in [0.15, 0.2) is 29.3 Å². The molecule has 0 saturated carbocycles. The number of nitrogens with one attached hydrogen (secondary N) is 2. The fourth-order valence-corrected chi connectivity index (χ4v) is 3.33. The van der Waals surface area contributed by atoms with Gasteiger partial charge in [0, 0.05) is 37.8 Å². The number of rotatable bonds is 7. The maximum atomic E-state index is 11.8. The van der Waals surface area contributed by atoms with E-state index < -0.39 is 0 Å². The molecule has 1 aliphatic heterocycles. The first-order valence-corrected chi connectivity index (χ1v) is 10.2. The molecule has 1 amide bonds. The van der Waals surface area contributed by atoms with Crippen LogP contribution >= 0.6 is 11.6 Å². The van der Waals surface area contributed by atoms with Crippen molar-refractivity contribution in [2.45, 2.75) is 38.8 Å². The maximum absolute atomic E-state index is 11.8. The van der Waals surface area contributed by atoms with Crippen LogP contribution in [0, 0.1) is 0 Å². The first-order chi connectivity index (χ1) is 13.6. The largest absolute Gasteiger partial charge is 0.450 e. The normalized spacial score (nSPS) is 16.6. The molecule has 0 aromatic heterocycles. The van der Waals surface area contributed by atoms with Gasteiger partial charge in [-0.2, -0.15) is 0 Å². The van der Waals surface area contributed by atoms with Gasteiger partial charge in [-0.25, -0.2) is 4.79 Å². The molecule has 0 radical (unpaired) electrons. The second-order valence-electron chi connectivity index (χ2n) is 6.60. The van der Waals surface area contributed by atoms with E-state index in [9.17, 15) is 4.79 Å². The van der Waals surface area contributed by atoms with Gasteiger partial charge in [0.25, 0.3) is 0 Å². The number of halogens is 1. The minimum Gasteiger partial charge on any atom is -0.450 e. The van der Waals surface area contributed by atoms with Crippen LogP contribution in [0.4, 0.5) is 4.79 Å². The van der Waals surface area contributed by atoms with Crippen molar-refractivity contribution < 1.29 is 14.3 Å². The van der Waals surface area contributed by atoms with E-state index in [-0.39, 0.29) is 18.2 Å². The SMILES string of the molecule is CCNC(=NCC(OC)c1cccc(Cl)c1)NC1CCN(C(=O)OCC)CC1. The van der Waals surface area contributed by atoms with Crippen LogP contribution in [0.25, 0.3) is 0 Å². The zero-order chi connectivity index (χ0) is 20.4. The third-order valence-corrected chi connectivity index (χ3v) is 4.86. The number of piperidine rings is 1. The van der Waals surface area contributed by atoms with E-state index in [0.29, 0.717) is 31.3 Å². The molecular weight excluding hydrogens is 380 g/mol. The highest BCUT2D eigenvalue weighted by molar-refractivity contribution is 6.30. The molecule has 2 N–H and O–H groups in total. The van der Waals surface area contributed by atoms with E-state index in [0.717, 1.165) is 30.9 Å². The third-order valence-electron chi connectivity index (χ3n) is 4.63. The summed E-state index contributed by atoms with van der Waals surface area (Å²) in [6.45, 7) is 6.86. The first-order valence-electron chi connectivity index (χ1n) is 9.82. The van der Waals surface area contributed by atoms with Crippen LogP contribution in [0.2, 0.25) is 5.02 Å². The standard InChI is InChI=1S/C20H31ClN4O3/c1-4-22-19(23-14-18(27-3)15-7-6-8-16(21)13-15)24-17-9-11-25(12-10-17)20(26)28-5-2/h6-8,13,17-18H,4-5,9-12,14H2,1-3H3,(H2,22,23,24). The number of hydrogen-bond donors (Lipinski definition) is 2. The summed E-state index contributed by atoms with van der Waals surface area (Å²) in [4.78, 5) is 18.3. The number of benzene rings is 1. The van der Waals surface area contributed by atoms with Gasteiger partial charge in [-0.3, -0.25) is 4.99 Å². The smallest absolute Gasteiger partial charge is 0.409 e. The molecule has 8 heteroatoms. The molecule has 7 nitrogen and oxygen atoms in total. The number of nitrogens with zero attached hydrogens (tertiary/aromatic N) is 2. The fourth-order valence-electron chi connectivity index (χ4n) is 3.13. The van der Waals surface area contributed by atoms with E-state index in [1.54, 1.807) is 12.0 Å². The van der Waals surface area contributed by atoms with Crippen LogP contribution < -0.4 is 10.6 Å². The second-order valence-corrected chi connectivity index (χ2v) is 7.04. The van der Waals surface area contributed by atoms with E-state index in [1.807, 2.05) is 38.1 Å². The average Bonchev–Trinajstić information content (AvgIpc) is 2.69. The minimum absolute atomic E-state index is 0.167. The molecule has 1 saturated heterocycles. The summed E-state index contributed by atoms with van der Waals surface area (Å²) < 4.78 is 10.7. The van der Waals surface area contributed by atoms with Crippen molar-refractivity contribution in [3.63, 3.8) is 0 Å². The summed E-state index contributed by atoms with van der Waals surface area (Å²) in [5.41, 5.74) is 0.998. The number of carbonyl (C=O) groups excluding carboxylic acids is 1. The first kappa shape index (κ1) is 22.3. The number of hydrogen-bond acceptors (Lipinski definition) is 4. The molecule has 1 unspecified atom stereocenters. The van der Waals surface area contributed by atoms with Crippen molar-refractivity contribution in [1.82, 2.24) is 15.5 Å². The summed E-state index contributed by atoms with van der Waals surface area (Å²) in [6.07, 6.45) is 1.31. The van der Waals surface area contributed by atoms with Crippen molar-refractivity contribution in [2.24, 2.45) is 4.99 Å². The van der Waals surface area contributed by atoms with Crippen LogP contribution in [0.5, 0.6) is 0 Å². The van der Waals surface area contributed by atoms with Gasteiger partial charge in [0.2, 0.25) is 0 Å². The maximum Gasteiger partial charge on any atom is 0.409 e. The highest BCUT2D eigenvalue weighted by atomic mass is 35.5. The van der Waals surface area contributed by atoms with Crippen LogP contribution in [-0.4, -0.2) is 62.9 Å². The van der Waals surface area contributed by atoms with E-state index in [2.05, 4.69) is 15.6 Å². The summed E-state index contributed by atoms with van der Waals surface area (Å²) >= 11 is 6.09. The number of likely N-dealkylation sites (tertiary alicyclic amines) is 1. The number of ether oxygens (including phenoxy) is 2. The minimum atomic E-state index is -0.231. The number of methoxy groups -OCH3 is 1. The molecule has 1 heterocycles. The lowest BCUT2D eigenvalue weighted by molar-refractivity contribution is 0.0962. The third kappa shape index (κ3) is 6.87. The molecule has 28 heavy (non-hydrogen) atoms. The number of amides is 1. The highest BCUT2D eigenvalue weighted by Gasteiger charge is 2.24. The molecular formula is C20H31ClN4O3. The Bertz CT molecular complexity index is 648. The van der Waals surface area contributed by atoms with Crippen LogP contribution in [-0.2, 0) is 9.47 Å². The number of guanidine groups is 1. The Morgan fingerprint density at radius 2 is 2.11 bits per heavy atom. The molecule has 0 spiro atoms. The topological polar surface area (TPSA) is 75.2 Å². The Balaban J connectivity index is 1.92. The Morgan fingerprint density at radius 3 is 2.71 bits per heavy atom. The summed E-state index contributed by atoms with van der Waals surface area (Å²) in [5.74, 6) is 0.751. The van der Waals surface area contributed by atoms with Gasteiger partial charge >= 0.3 is 6.09 Å². The molecule has 1 fully saturated rings. The Hall–Kier alpha value is -1.99. The fraction of sp³-hybridized carbons (Fsp3) is 0.600. The van der Waals surface area contributed by atoms with Crippen LogP contribution in [0.1, 0.15) is 38.4 Å². The lowest BCUT2D eigenvalue weighted by Gasteiger charge is -2.32. The highest BCUT2D eigenvalue weighted by Crippen LogP contribution is 2.20. The predicted octanol–water partition coefficient (Wildman–Crippen LogP) is 3.20.